The number of aromatic nitrogens is 2. The zero-order chi connectivity index (χ0) is 20.0. The van der Waals surface area contributed by atoms with Crippen molar-refractivity contribution in [2.45, 2.75) is 39.2 Å². The molecule has 1 atom stereocenters. The molecule has 1 N–H and O–H groups in total. The summed E-state index contributed by atoms with van der Waals surface area (Å²) >= 11 is 0. The summed E-state index contributed by atoms with van der Waals surface area (Å²) in [6.45, 7) is 6.03. The summed E-state index contributed by atoms with van der Waals surface area (Å²) in [6.07, 6.45) is 0.611. The van der Waals surface area contributed by atoms with E-state index in [1.807, 2.05) is 26.0 Å². The van der Waals surface area contributed by atoms with Crippen molar-refractivity contribution in [3.8, 4) is 0 Å². The van der Waals surface area contributed by atoms with E-state index in [0.29, 0.717) is 46.6 Å². The maximum atomic E-state index is 13.5. The molecule has 0 aliphatic carbocycles. The molecule has 1 unspecified atom stereocenters. The van der Waals surface area contributed by atoms with Crippen LogP contribution >= 0.6 is 0 Å². The molecule has 7 heteroatoms. The Morgan fingerprint density at radius 2 is 2.04 bits per heavy atom. The summed E-state index contributed by atoms with van der Waals surface area (Å²) < 4.78 is 5.30. The van der Waals surface area contributed by atoms with Gasteiger partial charge in [0.05, 0.1) is 16.6 Å². The van der Waals surface area contributed by atoms with E-state index >= 15 is 0 Å². The number of amides is 1. The first-order chi connectivity index (χ1) is 13.4. The highest BCUT2D eigenvalue weighted by molar-refractivity contribution is 6.07. The predicted molar refractivity (Wildman–Crippen MR) is 102 cm³/mol. The molecule has 7 nitrogen and oxygen atoms in total. The van der Waals surface area contributed by atoms with Gasteiger partial charge in [0.15, 0.2) is 6.04 Å². The Hall–Kier alpha value is -3.22. The maximum absolute atomic E-state index is 13.5. The molecular formula is C21H21N3O4. The summed E-state index contributed by atoms with van der Waals surface area (Å²) in [5.74, 6) is -1.31. The highest BCUT2D eigenvalue weighted by atomic mass is 16.5. The van der Waals surface area contributed by atoms with Crippen LogP contribution in [-0.2, 0) is 11.2 Å². The van der Waals surface area contributed by atoms with Crippen LogP contribution in [0.15, 0.2) is 34.9 Å². The van der Waals surface area contributed by atoms with Crippen LogP contribution in [0.1, 0.15) is 58.7 Å². The molecular weight excluding hydrogens is 358 g/mol. The van der Waals surface area contributed by atoms with Crippen molar-refractivity contribution >= 4 is 23.0 Å². The van der Waals surface area contributed by atoms with Gasteiger partial charge >= 0.3 is 5.97 Å². The van der Waals surface area contributed by atoms with Gasteiger partial charge in [-0.1, -0.05) is 43.3 Å². The summed E-state index contributed by atoms with van der Waals surface area (Å²) in [5, 5.41) is 14.4. The molecule has 0 bridgehead atoms. The highest BCUT2D eigenvalue weighted by Gasteiger charge is 2.37. The zero-order valence-electron chi connectivity index (χ0n) is 16.0. The average Bonchev–Trinajstić information content (AvgIpc) is 3.06. The van der Waals surface area contributed by atoms with Gasteiger partial charge in [-0.05, 0) is 36.5 Å². The Kier molecular flexibility index (Phi) is 4.37. The quantitative estimate of drug-likeness (QED) is 0.748. The van der Waals surface area contributed by atoms with Gasteiger partial charge < -0.3 is 14.5 Å². The van der Waals surface area contributed by atoms with Gasteiger partial charge in [-0.3, -0.25) is 4.79 Å². The van der Waals surface area contributed by atoms with Crippen molar-refractivity contribution in [1.29, 1.82) is 0 Å². The molecule has 1 aliphatic rings. The van der Waals surface area contributed by atoms with E-state index in [0.717, 1.165) is 5.56 Å². The largest absolute Gasteiger partial charge is 0.479 e. The third kappa shape index (κ3) is 2.83. The topological polar surface area (TPSA) is 96.5 Å². The number of pyridine rings is 1. The van der Waals surface area contributed by atoms with Crippen molar-refractivity contribution in [1.82, 2.24) is 15.0 Å². The number of hydrogen-bond acceptors (Lipinski definition) is 5. The third-order valence-corrected chi connectivity index (χ3v) is 5.24. The molecule has 3 heterocycles. The maximum Gasteiger partial charge on any atom is 0.331 e. The Morgan fingerprint density at radius 1 is 1.29 bits per heavy atom. The number of nitrogens with zero attached hydrogens (tertiary/aromatic N) is 3. The van der Waals surface area contributed by atoms with Crippen LogP contribution in [0.4, 0.5) is 0 Å². The van der Waals surface area contributed by atoms with Crippen molar-refractivity contribution in [3.63, 3.8) is 0 Å². The number of aliphatic carboxylic acids is 1. The van der Waals surface area contributed by atoms with Gasteiger partial charge in [0.1, 0.15) is 0 Å². The second kappa shape index (κ2) is 6.74. The van der Waals surface area contributed by atoms with E-state index in [-0.39, 0.29) is 11.8 Å². The zero-order valence-corrected chi connectivity index (χ0v) is 16.0. The number of hydrogen-bond donors (Lipinski definition) is 1. The smallest absolute Gasteiger partial charge is 0.331 e. The molecule has 0 spiro atoms. The number of carboxylic acids is 1. The highest BCUT2D eigenvalue weighted by Crippen LogP contribution is 2.33. The molecule has 0 fully saturated rings. The van der Waals surface area contributed by atoms with Crippen LogP contribution < -0.4 is 0 Å². The van der Waals surface area contributed by atoms with Gasteiger partial charge in [-0.2, -0.15) is 0 Å². The lowest BCUT2D eigenvalue weighted by atomic mass is 9.91. The van der Waals surface area contributed by atoms with Crippen molar-refractivity contribution in [2.75, 3.05) is 6.54 Å². The molecule has 1 aromatic carbocycles. The second-order valence-electron chi connectivity index (χ2n) is 7.39. The molecule has 1 amide bonds. The minimum atomic E-state index is -1.04. The van der Waals surface area contributed by atoms with E-state index in [1.165, 1.54) is 4.90 Å². The lowest BCUT2D eigenvalue weighted by Crippen LogP contribution is -2.43. The van der Waals surface area contributed by atoms with E-state index in [2.05, 4.69) is 10.1 Å². The van der Waals surface area contributed by atoms with E-state index in [4.69, 9.17) is 4.52 Å². The lowest BCUT2D eigenvalue weighted by molar-refractivity contribution is -0.143. The number of aryl methyl sites for hydroxylation is 1. The predicted octanol–water partition coefficient (Wildman–Crippen LogP) is 3.48. The van der Waals surface area contributed by atoms with Gasteiger partial charge in [0.2, 0.25) is 0 Å². The lowest BCUT2D eigenvalue weighted by Gasteiger charge is -2.35. The Morgan fingerprint density at radius 3 is 2.75 bits per heavy atom. The fraction of sp³-hybridized carbons (Fsp3) is 0.333. The van der Waals surface area contributed by atoms with Gasteiger partial charge in [0.25, 0.3) is 11.6 Å². The number of carbonyl (C=O) groups excluding carboxylic acids is 1. The third-order valence-electron chi connectivity index (χ3n) is 5.24. The molecule has 0 radical (unpaired) electrons. The molecule has 144 valence electrons. The number of rotatable bonds is 3. The fourth-order valence-corrected chi connectivity index (χ4v) is 3.78. The number of carbonyl (C=O) groups is 2. The number of fused-ring (bicyclic) bond motifs is 2. The van der Waals surface area contributed by atoms with Crippen LogP contribution in [0.5, 0.6) is 0 Å². The van der Waals surface area contributed by atoms with Crippen LogP contribution in [0.3, 0.4) is 0 Å². The molecule has 2 aromatic heterocycles. The molecule has 3 aromatic rings. The van der Waals surface area contributed by atoms with Crippen LogP contribution in [0.2, 0.25) is 0 Å². The summed E-state index contributed by atoms with van der Waals surface area (Å²) in [4.78, 5) is 31.5. The first-order valence-electron chi connectivity index (χ1n) is 9.27. The average molecular weight is 379 g/mol. The van der Waals surface area contributed by atoms with E-state index < -0.39 is 12.0 Å². The van der Waals surface area contributed by atoms with Gasteiger partial charge in [-0.15, -0.1) is 0 Å². The van der Waals surface area contributed by atoms with Crippen LogP contribution in [0.25, 0.3) is 11.1 Å². The summed E-state index contributed by atoms with van der Waals surface area (Å²) in [6, 6.07) is 8.09. The van der Waals surface area contributed by atoms with E-state index in [9.17, 15) is 14.7 Å². The van der Waals surface area contributed by atoms with Crippen molar-refractivity contribution < 1.29 is 19.2 Å². The Labute approximate surface area is 162 Å². The Bertz CT molecular complexity index is 1090. The first kappa shape index (κ1) is 18.2. The Balaban J connectivity index is 1.85. The standard InChI is InChI=1S/C21H21N3O4/c1-11(2)16-10-15(17-12(3)23-28-19(17)22-16)20(25)24-9-8-13-6-4-5-7-14(13)18(24)21(26)27/h4-7,10-11,18H,8-9H2,1-3H3,(H,26,27). The molecule has 0 saturated heterocycles. The normalized spacial score (nSPS) is 16.4. The molecule has 0 saturated carbocycles. The molecule has 1 aliphatic heterocycles. The van der Waals surface area contributed by atoms with Crippen LogP contribution in [0, 0.1) is 6.92 Å². The fourth-order valence-electron chi connectivity index (χ4n) is 3.78. The molecule has 4 rings (SSSR count). The summed E-state index contributed by atoms with van der Waals surface area (Å²) in [7, 11) is 0. The van der Waals surface area contributed by atoms with Gasteiger partial charge in [0, 0.05) is 12.2 Å². The van der Waals surface area contributed by atoms with E-state index in [1.54, 1.807) is 25.1 Å². The SMILES string of the molecule is Cc1noc2nc(C(C)C)cc(C(=O)N3CCc4ccccc4C3C(=O)O)c12. The number of benzene rings is 1. The summed E-state index contributed by atoms with van der Waals surface area (Å²) in [5.41, 5.74) is 3.57. The van der Waals surface area contributed by atoms with Crippen molar-refractivity contribution in [3.05, 3.63) is 58.4 Å². The number of carboxylic acid groups (broad SMARTS) is 1. The first-order valence-corrected chi connectivity index (χ1v) is 9.27. The van der Waals surface area contributed by atoms with Crippen LogP contribution in [-0.4, -0.2) is 38.6 Å². The van der Waals surface area contributed by atoms with Gasteiger partial charge in [-0.25, -0.2) is 9.78 Å². The molecule has 28 heavy (non-hydrogen) atoms. The monoisotopic (exact) mass is 379 g/mol. The van der Waals surface area contributed by atoms with Crippen molar-refractivity contribution in [2.24, 2.45) is 0 Å². The second-order valence-corrected chi connectivity index (χ2v) is 7.39. The minimum Gasteiger partial charge on any atom is -0.479 e. The minimum absolute atomic E-state index is 0.0821.